The number of halogens is 1. The zero-order valence-corrected chi connectivity index (χ0v) is 13.8. The van der Waals surface area contributed by atoms with Gasteiger partial charge in [-0.2, -0.15) is 0 Å². The lowest BCUT2D eigenvalue weighted by atomic mass is 9.86. The van der Waals surface area contributed by atoms with Gasteiger partial charge in [-0.25, -0.2) is 0 Å². The van der Waals surface area contributed by atoms with Crippen LogP contribution >= 0.6 is 15.9 Å². The Morgan fingerprint density at radius 3 is 2.85 bits per heavy atom. The van der Waals surface area contributed by atoms with Gasteiger partial charge in [0.15, 0.2) is 4.67 Å². The Balaban J connectivity index is 1.75. The van der Waals surface area contributed by atoms with Crippen molar-refractivity contribution in [2.45, 2.75) is 45.2 Å². The molecule has 1 aliphatic carbocycles. The van der Waals surface area contributed by atoms with Gasteiger partial charge in [0.25, 0.3) is 0 Å². The van der Waals surface area contributed by atoms with Crippen LogP contribution in [-0.2, 0) is 11.3 Å². The minimum Gasteiger partial charge on any atom is -0.453 e. The van der Waals surface area contributed by atoms with Gasteiger partial charge in [0, 0.05) is 6.04 Å². The Morgan fingerprint density at radius 2 is 2.20 bits per heavy atom. The zero-order valence-electron chi connectivity index (χ0n) is 12.2. The molecule has 1 fully saturated rings. The van der Waals surface area contributed by atoms with Gasteiger partial charge in [0.05, 0.1) is 13.1 Å². The highest BCUT2D eigenvalue weighted by atomic mass is 79.9. The normalized spacial score (nSPS) is 23.0. The molecule has 1 aromatic heterocycles. The van der Waals surface area contributed by atoms with Crippen molar-refractivity contribution in [2.75, 3.05) is 13.6 Å². The van der Waals surface area contributed by atoms with Gasteiger partial charge in [0.2, 0.25) is 5.91 Å². The first-order chi connectivity index (χ1) is 9.54. The van der Waals surface area contributed by atoms with E-state index in [-0.39, 0.29) is 5.91 Å². The summed E-state index contributed by atoms with van der Waals surface area (Å²) in [7, 11) is 1.93. The first-order valence-electron chi connectivity index (χ1n) is 7.26. The van der Waals surface area contributed by atoms with Gasteiger partial charge in [-0.3, -0.25) is 9.69 Å². The molecule has 0 saturated heterocycles. The van der Waals surface area contributed by atoms with Gasteiger partial charge in [-0.05, 0) is 53.9 Å². The molecule has 1 saturated carbocycles. The lowest BCUT2D eigenvalue weighted by molar-refractivity contribution is -0.123. The summed E-state index contributed by atoms with van der Waals surface area (Å²) < 4.78 is 6.17. The molecule has 1 N–H and O–H groups in total. The molecule has 0 spiro atoms. The molecule has 0 aliphatic heterocycles. The maximum absolute atomic E-state index is 12.1. The average molecular weight is 343 g/mol. The molecule has 112 valence electrons. The van der Waals surface area contributed by atoms with Crippen molar-refractivity contribution in [1.82, 2.24) is 10.2 Å². The fourth-order valence-corrected chi connectivity index (χ4v) is 3.13. The molecule has 1 aliphatic rings. The number of likely N-dealkylation sites (N-methyl/N-ethyl adjacent to an activating group) is 1. The van der Waals surface area contributed by atoms with Crippen LogP contribution in [-0.4, -0.2) is 30.4 Å². The van der Waals surface area contributed by atoms with Crippen molar-refractivity contribution in [2.24, 2.45) is 5.92 Å². The number of nitrogens with one attached hydrogen (secondary N) is 1. The Morgan fingerprint density at radius 1 is 1.45 bits per heavy atom. The van der Waals surface area contributed by atoms with Crippen LogP contribution < -0.4 is 5.32 Å². The summed E-state index contributed by atoms with van der Waals surface area (Å²) in [5.41, 5.74) is 0. The average Bonchev–Trinajstić information content (AvgIpc) is 2.77. The van der Waals surface area contributed by atoms with Crippen LogP contribution in [0.15, 0.2) is 21.2 Å². The maximum atomic E-state index is 12.1. The summed E-state index contributed by atoms with van der Waals surface area (Å²) in [5.74, 6) is 1.56. The van der Waals surface area contributed by atoms with Crippen LogP contribution in [0.2, 0.25) is 0 Å². The molecular weight excluding hydrogens is 320 g/mol. The Kier molecular flexibility index (Phi) is 5.66. The first-order valence-corrected chi connectivity index (χ1v) is 8.06. The Hall–Kier alpha value is -0.810. The predicted octanol–water partition coefficient (Wildman–Crippen LogP) is 3.17. The van der Waals surface area contributed by atoms with E-state index in [1.165, 1.54) is 19.3 Å². The smallest absolute Gasteiger partial charge is 0.234 e. The molecule has 4 nitrogen and oxygen atoms in total. The van der Waals surface area contributed by atoms with Crippen molar-refractivity contribution >= 4 is 21.8 Å². The fourth-order valence-electron chi connectivity index (χ4n) is 2.79. The van der Waals surface area contributed by atoms with E-state index in [1.807, 2.05) is 24.1 Å². The van der Waals surface area contributed by atoms with Crippen molar-refractivity contribution in [1.29, 1.82) is 0 Å². The minimum atomic E-state index is 0.108. The second kappa shape index (κ2) is 7.27. The lowest BCUT2D eigenvalue weighted by Gasteiger charge is -2.30. The Labute approximate surface area is 129 Å². The number of rotatable bonds is 5. The molecule has 20 heavy (non-hydrogen) atoms. The van der Waals surface area contributed by atoms with Crippen LogP contribution in [0.25, 0.3) is 0 Å². The lowest BCUT2D eigenvalue weighted by Crippen LogP contribution is -2.44. The summed E-state index contributed by atoms with van der Waals surface area (Å²) in [6.07, 6.45) is 4.86. The monoisotopic (exact) mass is 342 g/mol. The van der Waals surface area contributed by atoms with E-state index in [4.69, 9.17) is 4.42 Å². The largest absolute Gasteiger partial charge is 0.453 e. The van der Waals surface area contributed by atoms with Gasteiger partial charge in [0.1, 0.15) is 5.76 Å². The van der Waals surface area contributed by atoms with Gasteiger partial charge >= 0.3 is 0 Å². The molecule has 1 aromatic rings. The molecule has 1 amide bonds. The summed E-state index contributed by atoms with van der Waals surface area (Å²) in [5, 5.41) is 3.17. The van der Waals surface area contributed by atoms with Gasteiger partial charge < -0.3 is 9.73 Å². The number of carbonyl (C=O) groups is 1. The zero-order chi connectivity index (χ0) is 14.5. The topological polar surface area (TPSA) is 45.5 Å². The standard InChI is InChI=1S/C15H23BrN2O2/c1-11-5-3-4-6-13(11)17-15(19)10-18(2)9-12-7-8-14(16)20-12/h7-8,11,13H,3-6,9-10H2,1-2H3,(H,17,19). The van der Waals surface area contributed by atoms with Crippen molar-refractivity contribution in [3.05, 3.63) is 22.6 Å². The van der Waals surface area contributed by atoms with E-state index in [2.05, 4.69) is 28.2 Å². The highest BCUT2D eigenvalue weighted by Crippen LogP contribution is 2.23. The molecule has 1 heterocycles. The van der Waals surface area contributed by atoms with Crippen molar-refractivity contribution < 1.29 is 9.21 Å². The molecule has 0 radical (unpaired) electrons. The van der Waals surface area contributed by atoms with Crippen LogP contribution in [0.5, 0.6) is 0 Å². The van der Waals surface area contributed by atoms with Gasteiger partial charge in [-0.1, -0.05) is 19.8 Å². The van der Waals surface area contributed by atoms with E-state index < -0.39 is 0 Å². The molecule has 5 heteroatoms. The second-order valence-electron chi connectivity index (χ2n) is 5.81. The molecule has 2 rings (SSSR count). The molecule has 2 unspecified atom stereocenters. The van der Waals surface area contributed by atoms with E-state index in [9.17, 15) is 4.79 Å². The SMILES string of the molecule is CC1CCCCC1NC(=O)CN(C)Cc1ccc(Br)o1. The number of carbonyl (C=O) groups excluding carboxylic acids is 1. The summed E-state index contributed by atoms with van der Waals surface area (Å²) >= 11 is 3.28. The summed E-state index contributed by atoms with van der Waals surface area (Å²) in [6, 6.07) is 4.14. The van der Waals surface area contributed by atoms with Crippen molar-refractivity contribution in [3.63, 3.8) is 0 Å². The first kappa shape index (κ1) is 15.6. The second-order valence-corrected chi connectivity index (χ2v) is 6.60. The van der Waals surface area contributed by atoms with E-state index >= 15 is 0 Å². The Bertz CT molecular complexity index is 447. The van der Waals surface area contributed by atoms with Crippen LogP contribution in [0.4, 0.5) is 0 Å². The quantitative estimate of drug-likeness (QED) is 0.893. The summed E-state index contributed by atoms with van der Waals surface area (Å²) in [6.45, 7) is 3.27. The van der Waals surface area contributed by atoms with Gasteiger partial charge in [-0.15, -0.1) is 0 Å². The molecular formula is C15H23BrN2O2. The number of hydrogen-bond acceptors (Lipinski definition) is 3. The number of hydrogen-bond donors (Lipinski definition) is 1. The number of nitrogens with zero attached hydrogens (tertiary/aromatic N) is 1. The van der Waals surface area contributed by atoms with Crippen molar-refractivity contribution in [3.8, 4) is 0 Å². The molecule has 2 atom stereocenters. The highest BCUT2D eigenvalue weighted by Gasteiger charge is 2.23. The summed E-state index contributed by atoms with van der Waals surface area (Å²) in [4.78, 5) is 14.0. The minimum absolute atomic E-state index is 0.108. The van der Waals surface area contributed by atoms with E-state index in [0.717, 1.165) is 16.9 Å². The third-order valence-corrected chi connectivity index (χ3v) is 4.35. The molecule has 0 aromatic carbocycles. The van der Waals surface area contributed by atoms with Crippen LogP contribution in [0, 0.1) is 5.92 Å². The maximum Gasteiger partial charge on any atom is 0.234 e. The third-order valence-electron chi connectivity index (χ3n) is 3.93. The third kappa shape index (κ3) is 4.63. The molecule has 0 bridgehead atoms. The predicted molar refractivity (Wildman–Crippen MR) is 82.3 cm³/mol. The highest BCUT2D eigenvalue weighted by molar-refractivity contribution is 9.10. The van der Waals surface area contributed by atoms with Crippen LogP contribution in [0.3, 0.4) is 0 Å². The van der Waals surface area contributed by atoms with E-state index in [1.54, 1.807) is 0 Å². The number of furan rings is 1. The van der Waals surface area contributed by atoms with E-state index in [0.29, 0.717) is 25.0 Å². The van der Waals surface area contributed by atoms with Crippen LogP contribution in [0.1, 0.15) is 38.4 Å². The fraction of sp³-hybridized carbons (Fsp3) is 0.667. The number of amides is 1.